The number of halogens is 2. The minimum Gasteiger partial charge on any atom is -0.378 e. The molecule has 0 N–H and O–H groups in total. The molecule has 7 heteroatoms. The topological polar surface area (TPSA) is 54.3 Å². The average molecular weight is 362 g/mol. The largest absolute Gasteiger partial charge is 0.378 e. The van der Waals surface area contributed by atoms with Gasteiger partial charge in [-0.1, -0.05) is 11.6 Å². The number of morpholine rings is 1. The van der Waals surface area contributed by atoms with E-state index in [9.17, 15) is 9.18 Å². The third-order valence-corrected chi connectivity index (χ3v) is 4.77. The van der Waals surface area contributed by atoms with E-state index in [1.807, 2.05) is 0 Å². The Bertz CT molecular complexity index is 826. The van der Waals surface area contributed by atoms with Gasteiger partial charge in [-0.2, -0.15) is 0 Å². The molecule has 0 unspecified atom stereocenters. The molecule has 1 aromatic carbocycles. The molecule has 130 valence electrons. The second kappa shape index (κ2) is 6.69. The summed E-state index contributed by atoms with van der Waals surface area (Å²) in [5, 5.41) is 0.109. The molecule has 0 atom stereocenters. The zero-order chi connectivity index (χ0) is 17.4. The van der Waals surface area contributed by atoms with Crippen LogP contribution in [0.4, 0.5) is 10.1 Å². The third kappa shape index (κ3) is 3.50. The number of aliphatic imine (C=N–C) groups is 2. The summed E-state index contributed by atoms with van der Waals surface area (Å²) in [7, 11) is 0. The lowest BCUT2D eigenvalue weighted by Crippen LogP contribution is -2.36. The van der Waals surface area contributed by atoms with Crippen LogP contribution in [0.1, 0.15) is 18.4 Å². The first-order valence-electron chi connectivity index (χ1n) is 8.26. The lowest BCUT2D eigenvalue weighted by molar-refractivity contribution is -0.113. The number of hydrogen-bond donors (Lipinski definition) is 0. The van der Waals surface area contributed by atoms with Gasteiger partial charge in [-0.15, -0.1) is 0 Å². The van der Waals surface area contributed by atoms with Gasteiger partial charge in [0.15, 0.2) is 5.78 Å². The van der Waals surface area contributed by atoms with Crippen molar-refractivity contribution < 1.29 is 13.9 Å². The summed E-state index contributed by atoms with van der Waals surface area (Å²) in [6.45, 7) is 2.76. The van der Waals surface area contributed by atoms with Gasteiger partial charge in [0.25, 0.3) is 0 Å². The summed E-state index contributed by atoms with van der Waals surface area (Å²) < 4.78 is 18.9. The first kappa shape index (κ1) is 16.4. The minimum absolute atomic E-state index is 0.0525. The van der Waals surface area contributed by atoms with E-state index in [1.54, 1.807) is 12.1 Å². The average Bonchev–Trinajstić information content (AvgIpc) is 2.96. The monoisotopic (exact) mass is 361 g/mol. The van der Waals surface area contributed by atoms with Crippen LogP contribution in [0.25, 0.3) is 0 Å². The van der Waals surface area contributed by atoms with Crippen molar-refractivity contribution >= 4 is 34.5 Å². The van der Waals surface area contributed by atoms with Crippen LogP contribution in [-0.2, 0) is 16.0 Å². The molecule has 25 heavy (non-hydrogen) atoms. The van der Waals surface area contributed by atoms with Crippen LogP contribution >= 0.6 is 11.6 Å². The van der Waals surface area contributed by atoms with Crippen molar-refractivity contribution in [2.75, 3.05) is 26.3 Å². The normalized spacial score (nSPS) is 20.2. The van der Waals surface area contributed by atoms with E-state index in [1.165, 1.54) is 6.07 Å². The molecule has 5 nitrogen and oxygen atoms in total. The molecular formula is C18H17ClFN3O2. The second-order valence-electron chi connectivity index (χ2n) is 6.35. The Morgan fingerprint density at radius 3 is 2.72 bits per heavy atom. The van der Waals surface area contributed by atoms with Gasteiger partial charge in [-0.25, -0.2) is 9.38 Å². The van der Waals surface area contributed by atoms with Crippen LogP contribution in [0, 0.1) is 5.82 Å². The Balaban J connectivity index is 1.51. The molecular weight excluding hydrogens is 345 g/mol. The van der Waals surface area contributed by atoms with Crippen LogP contribution in [0.5, 0.6) is 0 Å². The summed E-state index contributed by atoms with van der Waals surface area (Å²) in [4.78, 5) is 23.3. The number of ketones is 1. The van der Waals surface area contributed by atoms with E-state index < -0.39 is 5.82 Å². The van der Waals surface area contributed by atoms with Crippen molar-refractivity contribution in [2.24, 2.45) is 9.98 Å². The summed E-state index contributed by atoms with van der Waals surface area (Å²) in [5.41, 5.74) is 3.20. The van der Waals surface area contributed by atoms with Gasteiger partial charge in [0.05, 0.1) is 23.9 Å². The van der Waals surface area contributed by atoms with E-state index in [0.29, 0.717) is 44.0 Å². The summed E-state index contributed by atoms with van der Waals surface area (Å²) in [6, 6.07) is 2.98. The maximum absolute atomic E-state index is 13.6. The SMILES string of the molecule is O=C1C=C(N2CCOCC2)N=C(CC2=Nc3cc(F)c(Cl)cc3C2)C1. The standard InChI is InChI=1S/C18H17ClFN3O2/c19-15-6-11-5-12(21-17(11)10-16(15)20)7-13-8-14(24)9-18(22-13)23-1-3-25-4-2-23/h6,9-10H,1-5,7-8H2. The van der Waals surface area contributed by atoms with Gasteiger partial charge in [-0.3, -0.25) is 9.79 Å². The fourth-order valence-electron chi connectivity index (χ4n) is 3.28. The summed E-state index contributed by atoms with van der Waals surface area (Å²) >= 11 is 5.84. The molecule has 1 aromatic rings. The molecule has 0 aromatic heterocycles. The summed E-state index contributed by atoms with van der Waals surface area (Å²) in [6.07, 6.45) is 3.04. The van der Waals surface area contributed by atoms with Crippen LogP contribution in [0.15, 0.2) is 34.0 Å². The number of ether oxygens (including phenoxy) is 1. The van der Waals surface area contributed by atoms with Gasteiger partial charge < -0.3 is 9.64 Å². The van der Waals surface area contributed by atoms with E-state index >= 15 is 0 Å². The van der Waals surface area contributed by atoms with Crippen molar-refractivity contribution in [2.45, 2.75) is 19.3 Å². The lowest BCUT2D eigenvalue weighted by atomic mass is 10.0. The second-order valence-corrected chi connectivity index (χ2v) is 6.76. The van der Waals surface area contributed by atoms with Crippen LogP contribution in [0.3, 0.4) is 0 Å². The van der Waals surface area contributed by atoms with E-state index in [2.05, 4.69) is 14.9 Å². The fraction of sp³-hybridized carbons (Fsp3) is 0.389. The molecule has 4 rings (SSSR count). The van der Waals surface area contributed by atoms with Gasteiger partial charge in [-0.05, 0) is 11.6 Å². The predicted molar refractivity (Wildman–Crippen MR) is 94.4 cm³/mol. The van der Waals surface area contributed by atoms with E-state index in [-0.39, 0.29) is 10.8 Å². The Morgan fingerprint density at radius 1 is 1.16 bits per heavy atom. The quantitative estimate of drug-likeness (QED) is 0.831. The van der Waals surface area contributed by atoms with Crippen molar-refractivity contribution in [1.29, 1.82) is 0 Å². The van der Waals surface area contributed by atoms with Crippen LogP contribution in [0.2, 0.25) is 5.02 Å². The zero-order valence-corrected chi connectivity index (χ0v) is 14.4. The number of rotatable bonds is 3. The molecule has 0 spiro atoms. The molecule has 0 radical (unpaired) electrons. The molecule has 0 amide bonds. The predicted octanol–water partition coefficient (Wildman–Crippen LogP) is 3.09. The molecule has 0 aliphatic carbocycles. The maximum atomic E-state index is 13.6. The number of hydrogen-bond acceptors (Lipinski definition) is 5. The number of benzene rings is 1. The fourth-order valence-corrected chi connectivity index (χ4v) is 3.46. The number of nitrogens with zero attached hydrogens (tertiary/aromatic N) is 3. The van der Waals surface area contributed by atoms with Crippen molar-refractivity contribution in [3.8, 4) is 0 Å². The van der Waals surface area contributed by atoms with Crippen molar-refractivity contribution in [1.82, 2.24) is 4.90 Å². The Hall–Kier alpha value is -2.05. The van der Waals surface area contributed by atoms with E-state index in [0.717, 1.165) is 30.1 Å². The molecule has 1 saturated heterocycles. The van der Waals surface area contributed by atoms with Crippen LogP contribution in [-0.4, -0.2) is 48.4 Å². The van der Waals surface area contributed by atoms with Crippen molar-refractivity contribution in [3.05, 3.63) is 40.4 Å². The Kier molecular flexibility index (Phi) is 4.39. The first-order chi connectivity index (χ1) is 12.1. The first-order valence-corrected chi connectivity index (χ1v) is 8.64. The highest BCUT2D eigenvalue weighted by Crippen LogP contribution is 2.32. The molecule has 0 saturated carbocycles. The molecule has 1 fully saturated rings. The van der Waals surface area contributed by atoms with Gasteiger partial charge >= 0.3 is 0 Å². The highest BCUT2D eigenvalue weighted by molar-refractivity contribution is 6.31. The Labute approximate surface area is 149 Å². The zero-order valence-electron chi connectivity index (χ0n) is 13.6. The molecule has 3 aliphatic rings. The minimum atomic E-state index is -0.465. The maximum Gasteiger partial charge on any atom is 0.164 e. The van der Waals surface area contributed by atoms with Gasteiger partial charge in [0.2, 0.25) is 0 Å². The number of carbonyl (C=O) groups is 1. The molecule has 3 heterocycles. The highest BCUT2D eigenvalue weighted by Gasteiger charge is 2.23. The smallest absolute Gasteiger partial charge is 0.164 e. The number of allylic oxidation sites excluding steroid dienone is 1. The van der Waals surface area contributed by atoms with Gasteiger partial charge in [0.1, 0.15) is 11.6 Å². The van der Waals surface area contributed by atoms with Gasteiger partial charge in [0, 0.05) is 55.9 Å². The highest BCUT2D eigenvalue weighted by atomic mass is 35.5. The summed E-state index contributed by atoms with van der Waals surface area (Å²) in [5.74, 6) is 0.296. The van der Waals surface area contributed by atoms with Crippen LogP contribution < -0.4 is 0 Å². The Morgan fingerprint density at radius 2 is 1.92 bits per heavy atom. The number of fused-ring (bicyclic) bond motifs is 1. The third-order valence-electron chi connectivity index (χ3n) is 4.48. The lowest BCUT2D eigenvalue weighted by Gasteiger charge is -2.30. The molecule has 3 aliphatic heterocycles. The molecule has 0 bridgehead atoms. The van der Waals surface area contributed by atoms with Crippen molar-refractivity contribution in [3.63, 3.8) is 0 Å². The van der Waals surface area contributed by atoms with E-state index in [4.69, 9.17) is 16.3 Å². The number of carbonyl (C=O) groups excluding carboxylic acids is 1.